The predicted octanol–water partition coefficient (Wildman–Crippen LogP) is 0.325. The number of amides is 1. The quantitative estimate of drug-likeness (QED) is 0.824. The third kappa shape index (κ3) is 3.36. The van der Waals surface area contributed by atoms with E-state index in [1.54, 1.807) is 0 Å². The van der Waals surface area contributed by atoms with Crippen LogP contribution in [0.3, 0.4) is 0 Å². The van der Waals surface area contributed by atoms with E-state index in [0.29, 0.717) is 6.54 Å². The van der Waals surface area contributed by atoms with Crippen LogP contribution in [0.2, 0.25) is 0 Å². The third-order valence-corrected chi connectivity index (χ3v) is 3.81. The summed E-state index contributed by atoms with van der Waals surface area (Å²) in [6.07, 6.45) is 4.01. The highest BCUT2D eigenvalue weighted by atomic mass is 16.2. The van der Waals surface area contributed by atoms with Crippen LogP contribution in [-0.2, 0) is 18.4 Å². The van der Waals surface area contributed by atoms with Gasteiger partial charge in [0.25, 0.3) is 0 Å². The molecule has 0 aromatic carbocycles. The lowest BCUT2D eigenvalue weighted by molar-refractivity contribution is -0.132. The molecule has 0 atom stereocenters. The molecule has 0 radical (unpaired) electrons. The van der Waals surface area contributed by atoms with Crippen molar-refractivity contribution in [3.05, 3.63) is 24.0 Å². The van der Waals surface area contributed by atoms with Crippen LogP contribution in [-0.4, -0.2) is 47.1 Å². The maximum absolute atomic E-state index is 12.4. The number of carbonyl (C=O) groups is 1. The van der Waals surface area contributed by atoms with Gasteiger partial charge >= 0.3 is 0 Å². The minimum atomic E-state index is -0.448. The Morgan fingerprint density at radius 1 is 1.42 bits per heavy atom. The molecule has 0 unspecified atom stereocenters. The van der Waals surface area contributed by atoms with Crippen LogP contribution < -0.4 is 10.6 Å². The zero-order chi connectivity index (χ0) is 13.9. The molecule has 1 aromatic rings. The van der Waals surface area contributed by atoms with Gasteiger partial charge < -0.3 is 15.2 Å². The van der Waals surface area contributed by atoms with E-state index >= 15 is 0 Å². The number of carbonyl (C=O) groups excluding carboxylic acids is 1. The van der Waals surface area contributed by atoms with Gasteiger partial charge in [-0.15, -0.1) is 0 Å². The normalized spacial score (nSPS) is 17.4. The number of hydrogen-bond donors (Lipinski definition) is 2. The van der Waals surface area contributed by atoms with Gasteiger partial charge in [0.15, 0.2) is 0 Å². The second-order valence-corrected chi connectivity index (χ2v) is 5.66. The first-order chi connectivity index (χ1) is 9.00. The van der Waals surface area contributed by atoms with Crippen molar-refractivity contribution in [1.82, 2.24) is 20.1 Å². The summed E-state index contributed by atoms with van der Waals surface area (Å²) < 4.78 is 1.99. The number of nitrogens with one attached hydrogen (secondary N) is 2. The van der Waals surface area contributed by atoms with Crippen LogP contribution in [0.4, 0.5) is 0 Å². The fraction of sp³-hybridized carbons (Fsp3) is 0.643. The molecule has 0 saturated carbocycles. The molecular formula is C14H24N4O. The Morgan fingerprint density at radius 2 is 2.11 bits per heavy atom. The van der Waals surface area contributed by atoms with Crippen molar-refractivity contribution < 1.29 is 4.79 Å². The largest absolute Gasteiger partial charge is 0.357 e. The van der Waals surface area contributed by atoms with Crippen molar-refractivity contribution >= 4 is 5.91 Å². The number of aromatic nitrogens is 1. The minimum Gasteiger partial charge on any atom is -0.357 e. The van der Waals surface area contributed by atoms with Crippen LogP contribution >= 0.6 is 0 Å². The molecule has 19 heavy (non-hydrogen) atoms. The van der Waals surface area contributed by atoms with Crippen molar-refractivity contribution in [3.63, 3.8) is 0 Å². The Bertz CT molecular complexity index is 432. The van der Waals surface area contributed by atoms with E-state index in [1.165, 1.54) is 0 Å². The fourth-order valence-corrected chi connectivity index (χ4v) is 2.43. The highest BCUT2D eigenvalue weighted by Gasteiger charge is 2.34. The topological polar surface area (TPSA) is 49.3 Å². The Kier molecular flexibility index (Phi) is 4.27. The summed E-state index contributed by atoms with van der Waals surface area (Å²) in [5.74, 6) is 0.0956. The van der Waals surface area contributed by atoms with Gasteiger partial charge in [0.05, 0.1) is 5.54 Å². The molecule has 1 amide bonds. The first-order valence-electron chi connectivity index (χ1n) is 6.85. The highest BCUT2D eigenvalue weighted by molar-refractivity contribution is 5.85. The standard InChI is InChI=1S/C14H24N4O/c1-14(2,18-8-5-15-6-9-18)13(19)16-10-12-4-7-17(3)11-12/h4,7,11,15H,5-6,8-10H2,1-3H3,(H,16,19). The molecule has 2 rings (SSSR count). The summed E-state index contributed by atoms with van der Waals surface area (Å²) in [5.41, 5.74) is 0.684. The average Bonchev–Trinajstić information content (AvgIpc) is 2.82. The molecule has 5 nitrogen and oxygen atoms in total. The molecule has 5 heteroatoms. The van der Waals surface area contributed by atoms with Crippen molar-refractivity contribution in [2.45, 2.75) is 25.9 Å². The van der Waals surface area contributed by atoms with Crippen LogP contribution in [0.1, 0.15) is 19.4 Å². The van der Waals surface area contributed by atoms with Gasteiger partial charge in [-0.05, 0) is 25.5 Å². The van der Waals surface area contributed by atoms with E-state index in [1.807, 2.05) is 43.9 Å². The summed E-state index contributed by atoms with van der Waals surface area (Å²) >= 11 is 0. The Hall–Kier alpha value is -1.33. The lowest BCUT2D eigenvalue weighted by Crippen LogP contribution is -2.59. The predicted molar refractivity (Wildman–Crippen MR) is 75.8 cm³/mol. The molecule has 1 aliphatic heterocycles. The molecule has 0 spiro atoms. The SMILES string of the molecule is Cn1ccc(CNC(=O)C(C)(C)N2CCNCC2)c1. The fourth-order valence-electron chi connectivity index (χ4n) is 2.43. The van der Waals surface area contributed by atoms with Crippen molar-refractivity contribution in [3.8, 4) is 0 Å². The summed E-state index contributed by atoms with van der Waals surface area (Å²) in [7, 11) is 1.98. The first-order valence-corrected chi connectivity index (χ1v) is 6.85. The van der Waals surface area contributed by atoms with Gasteiger partial charge in [0, 0.05) is 52.2 Å². The van der Waals surface area contributed by atoms with E-state index in [4.69, 9.17) is 0 Å². The first kappa shape index (κ1) is 14.1. The molecule has 106 valence electrons. The molecule has 0 aliphatic carbocycles. The van der Waals surface area contributed by atoms with Gasteiger partial charge in [-0.2, -0.15) is 0 Å². The Balaban J connectivity index is 1.90. The zero-order valence-corrected chi connectivity index (χ0v) is 12.1. The minimum absolute atomic E-state index is 0.0956. The number of rotatable bonds is 4. The van der Waals surface area contributed by atoms with E-state index in [-0.39, 0.29) is 5.91 Å². The number of aryl methyl sites for hydroxylation is 1. The number of piperazine rings is 1. The second-order valence-electron chi connectivity index (χ2n) is 5.66. The van der Waals surface area contributed by atoms with E-state index in [0.717, 1.165) is 31.7 Å². The van der Waals surface area contributed by atoms with Gasteiger partial charge in [-0.25, -0.2) is 0 Å². The van der Waals surface area contributed by atoms with Crippen LogP contribution in [0.15, 0.2) is 18.5 Å². The summed E-state index contributed by atoms with van der Waals surface area (Å²) in [6.45, 7) is 8.34. The zero-order valence-electron chi connectivity index (χ0n) is 12.1. The summed E-state index contributed by atoms with van der Waals surface area (Å²) in [5, 5.41) is 6.35. The molecule has 0 bridgehead atoms. The maximum Gasteiger partial charge on any atom is 0.240 e. The van der Waals surface area contributed by atoms with E-state index < -0.39 is 5.54 Å². The molecule has 1 aliphatic rings. The second kappa shape index (κ2) is 5.75. The number of hydrogen-bond acceptors (Lipinski definition) is 3. The Labute approximate surface area is 115 Å². The molecule has 1 fully saturated rings. The Morgan fingerprint density at radius 3 is 2.68 bits per heavy atom. The smallest absolute Gasteiger partial charge is 0.240 e. The maximum atomic E-state index is 12.4. The van der Waals surface area contributed by atoms with E-state index in [2.05, 4.69) is 15.5 Å². The lowest BCUT2D eigenvalue weighted by Gasteiger charge is -2.39. The molecule has 1 aromatic heterocycles. The van der Waals surface area contributed by atoms with Gasteiger partial charge in [0.1, 0.15) is 0 Å². The molecular weight excluding hydrogens is 240 g/mol. The van der Waals surface area contributed by atoms with Crippen molar-refractivity contribution in [2.24, 2.45) is 7.05 Å². The van der Waals surface area contributed by atoms with Crippen LogP contribution in [0.5, 0.6) is 0 Å². The summed E-state index contributed by atoms with van der Waals surface area (Å²) in [6, 6.07) is 2.03. The van der Waals surface area contributed by atoms with Gasteiger partial charge in [-0.1, -0.05) is 0 Å². The van der Waals surface area contributed by atoms with Crippen LogP contribution in [0, 0.1) is 0 Å². The molecule has 1 saturated heterocycles. The number of nitrogens with zero attached hydrogens (tertiary/aromatic N) is 2. The molecule has 2 heterocycles. The average molecular weight is 264 g/mol. The van der Waals surface area contributed by atoms with E-state index in [9.17, 15) is 4.79 Å². The van der Waals surface area contributed by atoms with Gasteiger partial charge in [-0.3, -0.25) is 9.69 Å². The third-order valence-electron chi connectivity index (χ3n) is 3.81. The van der Waals surface area contributed by atoms with Gasteiger partial charge in [0.2, 0.25) is 5.91 Å². The van der Waals surface area contributed by atoms with Crippen LogP contribution in [0.25, 0.3) is 0 Å². The summed E-state index contributed by atoms with van der Waals surface area (Å²) in [4.78, 5) is 14.6. The monoisotopic (exact) mass is 264 g/mol. The molecule has 2 N–H and O–H groups in total. The lowest BCUT2D eigenvalue weighted by atomic mass is 10.0. The van der Waals surface area contributed by atoms with Crippen molar-refractivity contribution in [1.29, 1.82) is 0 Å². The highest BCUT2D eigenvalue weighted by Crippen LogP contribution is 2.15. The van der Waals surface area contributed by atoms with Crippen molar-refractivity contribution in [2.75, 3.05) is 26.2 Å².